The van der Waals surface area contributed by atoms with Gasteiger partial charge < -0.3 is 10.2 Å². The van der Waals surface area contributed by atoms with Gasteiger partial charge in [-0.1, -0.05) is 0 Å². The van der Waals surface area contributed by atoms with Gasteiger partial charge in [-0.15, -0.1) is 0 Å². The summed E-state index contributed by atoms with van der Waals surface area (Å²) in [7, 11) is 0. The Hall–Kier alpha value is -2.11. The molecule has 1 fully saturated rings. The lowest BCUT2D eigenvalue weighted by Gasteiger charge is -2.20. The summed E-state index contributed by atoms with van der Waals surface area (Å²) in [6.45, 7) is 5.02. The number of amides is 1. The van der Waals surface area contributed by atoms with E-state index < -0.39 is 4.92 Å². The zero-order valence-corrected chi connectivity index (χ0v) is 11.8. The first-order chi connectivity index (χ1) is 9.58. The summed E-state index contributed by atoms with van der Waals surface area (Å²) >= 11 is 0. The molecule has 1 aromatic rings. The van der Waals surface area contributed by atoms with Crippen LogP contribution >= 0.6 is 0 Å². The van der Waals surface area contributed by atoms with Crippen LogP contribution in [0.4, 0.5) is 11.4 Å². The molecule has 0 radical (unpaired) electrons. The number of rotatable bonds is 6. The van der Waals surface area contributed by atoms with Crippen molar-refractivity contribution in [3.8, 4) is 0 Å². The van der Waals surface area contributed by atoms with Gasteiger partial charge in [0.15, 0.2) is 0 Å². The van der Waals surface area contributed by atoms with Gasteiger partial charge in [0.25, 0.3) is 11.6 Å². The van der Waals surface area contributed by atoms with E-state index in [-0.39, 0.29) is 11.6 Å². The van der Waals surface area contributed by atoms with E-state index in [2.05, 4.69) is 5.32 Å². The number of nitrogens with zero attached hydrogens (tertiary/aromatic N) is 2. The maximum absolute atomic E-state index is 12.4. The number of carbonyl (C=O) groups is 1. The molecule has 0 spiro atoms. The Kier molecular flexibility index (Phi) is 4.22. The van der Waals surface area contributed by atoms with Crippen molar-refractivity contribution in [2.45, 2.75) is 32.7 Å². The number of anilines is 1. The van der Waals surface area contributed by atoms with Crippen LogP contribution in [0.3, 0.4) is 0 Å². The van der Waals surface area contributed by atoms with Gasteiger partial charge in [0, 0.05) is 30.8 Å². The average Bonchev–Trinajstić information content (AvgIpc) is 3.24. The minimum absolute atomic E-state index is 0.0513. The monoisotopic (exact) mass is 277 g/mol. The number of carbonyl (C=O) groups excluding carboxylic acids is 1. The highest BCUT2D eigenvalue weighted by atomic mass is 16.6. The van der Waals surface area contributed by atoms with E-state index in [0.29, 0.717) is 30.4 Å². The third-order valence-electron chi connectivity index (χ3n) is 3.40. The standard InChI is InChI=1S/C14H19N3O3/c1-3-15-12-8-5-10(9-13(12)17(19)20)14(18)16(4-2)11-6-7-11/h5,8-9,11,15H,3-4,6-7H2,1-2H3. The van der Waals surface area contributed by atoms with Crippen LogP contribution in [0.25, 0.3) is 0 Å². The summed E-state index contributed by atoms with van der Waals surface area (Å²) in [5.74, 6) is -0.124. The third-order valence-corrected chi connectivity index (χ3v) is 3.40. The molecule has 1 aliphatic carbocycles. The number of nitro benzene ring substituents is 1. The van der Waals surface area contributed by atoms with E-state index in [1.165, 1.54) is 6.07 Å². The minimum atomic E-state index is -0.456. The van der Waals surface area contributed by atoms with Crippen molar-refractivity contribution in [1.82, 2.24) is 4.90 Å². The Balaban J connectivity index is 2.30. The van der Waals surface area contributed by atoms with Crippen molar-refractivity contribution in [1.29, 1.82) is 0 Å². The molecular weight excluding hydrogens is 258 g/mol. The summed E-state index contributed by atoms with van der Waals surface area (Å²) in [6.07, 6.45) is 2.05. The largest absolute Gasteiger partial charge is 0.380 e. The van der Waals surface area contributed by atoms with Gasteiger partial charge in [-0.2, -0.15) is 0 Å². The molecule has 1 aromatic carbocycles. The van der Waals surface area contributed by atoms with Crippen LogP contribution in [0.2, 0.25) is 0 Å². The smallest absolute Gasteiger partial charge is 0.293 e. The predicted octanol–water partition coefficient (Wildman–Crippen LogP) is 2.65. The maximum Gasteiger partial charge on any atom is 0.293 e. The predicted molar refractivity (Wildman–Crippen MR) is 77.0 cm³/mol. The molecule has 0 unspecified atom stereocenters. The molecular formula is C14H19N3O3. The molecule has 0 atom stereocenters. The lowest BCUT2D eigenvalue weighted by Crippen LogP contribution is -2.32. The number of hydrogen-bond donors (Lipinski definition) is 1. The van der Waals surface area contributed by atoms with Gasteiger partial charge in [-0.05, 0) is 38.8 Å². The van der Waals surface area contributed by atoms with E-state index >= 15 is 0 Å². The molecule has 20 heavy (non-hydrogen) atoms. The molecule has 0 aromatic heterocycles. The van der Waals surface area contributed by atoms with Crippen molar-refractivity contribution in [3.63, 3.8) is 0 Å². The van der Waals surface area contributed by atoms with E-state index in [1.54, 1.807) is 17.0 Å². The second kappa shape index (κ2) is 5.90. The van der Waals surface area contributed by atoms with Crippen LogP contribution in [-0.2, 0) is 0 Å². The lowest BCUT2D eigenvalue weighted by molar-refractivity contribution is -0.384. The fourth-order valence-electron chi connectivity index (χ4n) is 2.28. The van der Waals surface area contributed by atoms with Gasteiger partial charge in [0.1, 0.15) is 5.69 Å². The molecule has 0 bridgehead atoms. The van der Waals surface area contributed by atoms with Gasteiger partial charge in [-0.25, -0.2) is 0 Å². The van der Waals surface area contributed by atoms with Crippen molar-refractivity contribution in [2.24, 2.45) is 0 Å². The van der Waals surface area contributed by atoms with Crippen molar-refractivity contribution >= 4 is 17.3 Å². The van der Waals surface area contributed by atoms with E-state index in [1.807, 2.05) is 13.8 Å². The second-order valence-corrected chi connectivity index (χ2v) is 4.84. The second-order valence-electron chi connectivity index (χ2n) is 4.84. The zero-order chi connectivity index (χ0) is 14.7. The summed E-state index contributed by atoms with van der Waals surface area (Å²) in [6, 6.07) is 4.93. The van der Waals surface area contributed by atoms with E-state index in [9.17, 15) is 14.9 Å². The highest BCUT2D eigenvalue weighted by Crippen LogP contribution is 2.30. The fraction of sp³-hybridized carbons (Fsp3) is 0.500. The molecule has 0 aliphatic heterocycles. The van der Waals surface area contributed by atoms with Gasteiger partial charge in [0.2, 0.25) is 0 Å². The van der Waals surface area contributed by atoms with Crippen LogP contribution in [0.5, 0.6) is 0 Å². The Morgan fingerprint density at radius 2 is 2.15 bits per heavy atom. The Bertz CT molecular complexity index is 526. The molecule has 1 saturated carbocycles. The van der Waals surface area contributed by atoms with Crippen LogP contribution in [-0.4, -0.2) is 34.9 Å². The minimum Gasteiger partial charge on any atom is -0.380 e. The fourth-order valence-corrected chi connectivity index (χ4v) is 2.28. The zero-order valence-electron chi connectivity index (χ0n) is 11.8. The Morgan fingerprint density at radius 3 is 2.65 bits per heavy atom. The average molecular weight is 277 g/mol. The number of nitro groups is 1. The summed E-state index contributed by atoms with van der Waals surface area (Å²) in [5.41, 5.74) is 0.778. The molecule has 6 heteroatoms. The van der Waals surface area contributed by atoms with Gasteiger partial charge in [-0.3, -0.25) is 14.9 Å². The molecule has 2 rings (SSSR count). The molecule has 108 valence electrons. The first kappa shape index (κ1) is 14.3. The first-order valence-electron chi connectivity index (χ1n) is 6.91. The Labute approximate surface area is 117 Å². The van der Waals surface area contributed by atoms with Crippen LogP contribution in [0.15, 0.2) is 18.2 Å². The summed E-state index contributed by atoms with van der Waals surface area (Å²) in [4.78, 5) is 24.8. The van der Waals surface area contributed by atoms with E-state index in [0.717, 1.165) is 12.8 Å². The van der Waals surface area contributed by atoms with Crippen molar-refractivity contribution < 1.29 is 9.72 Å². The number of hydrogen-bond acceptors (Lipinski definition) is 4. The summed E-state index contributed by atoms with van der Waals surface area (Å²) < 4.78 is 0. The molecule has 0 heterocycles. The Morgan fingerprint density at radius 1 is 1.45 bits per heavy atom. The number of benzene rings is 1. The molecule has 1 N–H and O–H groups in total. The highest BCUT2D eigenvalue weighted by molar-refractivity contribution is 5.96. The van der Waals surface area contributed by atoms with E-state index in [4.69, 9.17) is 0 Å². The molecule has 6 nitrogen and oxygen atoms in total. The van der Waals surface area contributed by atoms with Crippen molar-refractivity contribution in [3.05, 3.63) is 33.9 Å². The van der Waals surface area contributed by atoms with Gasteiger partial charge in [0.05, 0.1) is 4.92 Å². The number of nitrogens with one attached hydrogen (secondary N) is 1. The van der Waals surface area contributed by atoms with Crippen LogP contribution < -0.4 is 5.32 Å². The molecule has 0 saturated heterocycles. The highest BCUT2D eigenvalue weighted by Gasteiger charge is 2.32. The van der Waals surface area contributed by atoms with Gasteiger partial charge >= 0.3 is 0 Å². The third kappa shape index (κ3) is 2.89. The first-order valence-corrected chi connectivity index (χ1v) is 6.91. The molecule has 1 aliphatic rings. The molecule has 1 amide bonds. The quantitative estimate of drug-likeness (QED) is 0.640. The maximum atomic E-state index is 12.4. The van der Waals surface area contributed by atoms with Crippen molar-refractivity contribution in [2.75, 3.05) is 18.4 Å². The summed E-state index contributed by atoms with van der Waals surface area (Å²) in [5, 5.41) is 14.0. The van der Waals surface area contributed by atoms with Crippen LogP contribution in [0, 0.1) is 10.1 Å². The van der Waals surface area contributed by atoms with Crippen LogP contribution in [0.1, 0.15) is 37.0 Å². The lowest BCUT2D eigenvalue weighted by atomic mass is 10.1. The normalized spacial score (nSPS) is 13.9. The SMILES string of the molecule is CCNc1ccc(C(=O)N(CC)C2CC2)cc1[N+](=O)[O-]. The topological polar surface area (TPSA) is 75.5 Å².